The highest BCUT2D eigenvalue weighted by Gasteiger charge is 2.10. The Kier molecular flexibility index (Phi) is 1.97. The van der Waals surface area contributed by atoms with Gasteiger partial charge in [-0.15, -0.1) is 0 Å². The minimum atomic E-state index is -1.96. The molecule has 2 aromatic heterocycles. The molecular weight excluding hydrogens is 224 g/mol. The predicted octanol–water partition coefficient (Wildman–Crippen LogP) is 2.17. The summed E-state index contributed by atoms with van der Waals surface area (Å²) in [5.74, 6) is 0. The molecule has 18 heavy (non-hydrogen) atoms. The van der Waals surface area contributed by atoms with E-state index in [0.717, 1.165) is 11.3 Å². The first kappa shape index (κ1) is 7.48. The van der Waals surface area contributed by atoms with Gasteiger partial charge in [0, 0.05) is 48.7 Å². The fraction of sp³-hybridized carbons (Fsp3) is 0.286. The van der Waals surface area contributed by atoms with Crippen LogP contribution >= 0.6 is 0 Å². The van der Waals surface area contributed by atoms with Crippen LogP contribution in [0.15, 0.2) is 30.7 Å². The fourth-order valence-corrected chi connectivity index (χ4v) is 1.82. The van der Waals surface area contributed by atoms with Crippen molar-refractivity contribution in [2.24, 2.45) is 0 Å². The number of fused-ring (bicyclic) bond motifs is 1. The maximum Gasteiger partial charge on any atom is 0.0574 e. The molecule has 0 saturated heterocycles. The second-order valence-corrected chi connectivity index (χ2v) is 4.14. The summed E-state index contributed by atoms with van der Waals surface area (Å²) in [5.41, 5.74) is 3.29. The molecule has 0 fully saturated rings. The molecule has 3 heterocycles. The van der Waals surface area contributed by atoms with Crippen LogP contribution in [-0.2, 0) is 12.9 Å². The Balaban J connectivity index is 1.96. The Bertz CT molecular complexity index is 718. The van der Waals surface area contributed by atoms with Crippen LogP contribution in [0.5, 0.6) is 0 Å². The second-order valence-electron chi connectivity index (χ2n) is 4.14. The average molecular weight is 244 g/mol. The van der Waals surface area contributed by atoms with Crippen molar-refractivity contribution in [2.75, 3.05) is 11.8 Å². The van der Waals surface area contributed by atoms with Crippen LogP contribution in [0, 0.1) is 6.92 Å². The summed E-state index contributed by atoms with van der Waals surface area (Å²) in [4.78, 5) is 8.27. The first-order valence-electron chi connectivity index (χ1n) is 7.73. The van der Waals surface area contributed by atoms with Crippen molar-refractivity contribution < 1.29 is 5.48 Å². The molecule has 4 heteroatoms. The highest BCUT2D eigenvalue weighted by molar-refractivity contribution is 5.62. The minimum absolute atomic E-state index is 0.0381. The molecule has 0 amide bonds. The van der Waals surface area contributed by atoms with Crippen LogP contribution in [-0.4, -0.2) is 16.5 Å². The Morgan fingerprint density at radius 2 is 2.39 bits per heavy atom. The number of nitrogens with one attached hydrogen (secondary N) is 2. The van der Waals surface area contributed by atoms with E-state index in [1.807, 2.05) is 13.0 Å². The van der Waals surface area contributed by atoms with Crippen molar-refractivity contribution in [3.8, 4) is 0 Å². The molecule has 0 saturated carbocycles. The van der Waals surface area contributed by atoms with Gasteiger partial charge in [-0.3, -0.25) is 9.97 Å². The number of anilines is 2. The molecule has 4 nitrogen and oxygen atoms in total. The van der Waals surface area contributed by atoms with Crippen molar-refractivity contribution in [3.63, 3.8) is 0 Å². The molecule has 0 bridgehead atoms. The summed E-state index contributed by atoms with van der Waals surface area (Å²) in [7, 11) is 0. The van der Waals surface area contributed by atoms with E-state index in [-0.39, 0.29) is 6.42 Å². The topological polar surface area (TPSA) is 49.8 Å². The van der Waals surface area contributed by atoms with Crippen molar-refractivity contribution in [1.29, 1.82) is 0 Å². The summed E-state index contributed by atoms with van der Waals surface area (Å²) in [6.45, 7) is -1.84. The molecular formula is C14H16N4. The summed E-state index contributed by atoms with van der Waals surface area (Å²) in [6, 6.07) is 3.50. The number of aryl methyl sites for hydroxylation is 2. The molecule has 3 rings (SSSR count). The number of hydrogen-bond acceptors (Lipinski definition) is 4. The zero-order valence-corrected chi connectivity index (χ0v) is 9.99. The summed E-state index contributed by atoms with van der Waals surface area (Å²) >= 11 is 0. The molecule has 2 N–H and O–H groups in total. The standard InChI is InChI=1S/C14H16N4/c1-10-7-15-4-2-13(10)18-12-6-11-8-16-5-3-14(11)17-9-12/h2,4,6-7,9,16H,3,5,8H2,1H3,(H,15,18)/i5D2,8D2. The van der Waals surface area contributed by atoms with E-state index in [2.05, 4.69) is 20.6 Å². The van der Waals surface area contributed by atoms with E-state index in [1.165, 1.54) is 0 Å². The SMILES string of the molecule is [2H]C1([2H])Cc2ncc(Nc3ccncc3C)cc2C([2H])([2H])N1. The average Bonchev–Trinajstić information content (AvgIpc) is 2.40. The quantitative estimate of drug-likeness (QED) is 0.850. The Morgan fingerprint density at radius 1 is 1.44 bits per heavy atom. The van der Waals surface area contributed by atoms with Crippen LogP contribution in [0.25, 0.3) is 0 Å². The van der Waals surface area contributed by atoms with Gasteiger partial charge in [-0.05, 0) is 30.2 Å². The normalized spacial score (nSPS) is 22.9. The minimum Gasteiger partial charge on any atom is -0.354 e. The van der Waals surface area contributed by atoms with Crippen LogP contribution < -0.4 is 10.6 Å². The molecule has 0 atom stereocenters. The maximum absolute atomic E-state index is 8.02. The highest BCUT2D eigenvalue weighted by Crippen LogP contribution is 2.21. The van der Waals surface area contributed by atoms with Gasteiger partial charge in [-0.1, -0.05) is 0 Å². The summed E-state index contributed by atoms with van der Waals surface area (Å²) in [6.07, 6.45) is 5.05. The molecule has 0 spiro atoms. The monoisotopic (exact) mass is 244 g/mol. The smallest absolute Gasteiger partial charge is 0.0574 e. The van der Waals surface area contributed by atoms with Gasteiger partial charge >= 0.3 is 0 Å². The Labute approximate surface area is 112 Å². The van der Waals surface area contributed by atoms with Gasteiger partial charge in [0.1, 0.15) is 0 Å². The first-order valence-corrected chi connectivity index (χ1v) is 5.73. The van der Waals surface area contributed by atoms with Gasteiger partial charge < -0.3 is 10.6 Å². The van der Waals surface area contributed by atoms with Crippen LogP contribution in [0.2, 0.25) is 0 Å². The maximum atomic E-state index is 8.02. The van der Waals surface area contributed by atoms with E-state index in [4.69, 9.17) is 5.48 Å². The lowest BCUT2D eigenvalue weighted by Crippen LogP contribution is -2.24. The molecule has 0 aromatic carbocycles. The Morgan fingerprint density at radius 3 is 3.28 bits per heavy atom. The third-order valence-corrected chi connectivity index (χ3v) is 2.81. The summed E-state index contributed by atoms with van der Waals surface area (Å²) < 4.78 is 31.5. The van der Waals surface area contributed by atoms with Crippen molar-refractivity contribution in [2.45, 2.75) is 19.8 Å². The van der Waals surface area contributed by atoms with Gasteiger partial charge in [0.05, 0.1) is 11.9 Å². The second kappa shape index (κ2) is 4.74. The largest absolute Gasteiger partial charge is 0.354 e. The van der Waals surface area contributed by atoms with Gasteiger partial charge in [0.15, 0.2) is 0 Å². The van der Waals surface area contributed by atoms with Crippen molar-refractivity contribution >= 4 is 11.4 Å². The first-order chi connectivity index (χ1) is 10.3. The van der Waals surface area contributed by atoms with Crippen LogP contribution in [0.1, 0.15) is 22.3 Å². The number of hydrogen-bond donors (Lipinski definition) is 2. The molecule has 0 radical (unpaired) electrons. The summed E-state index contributed by atoms with van der Waals surface area (Å²) in [5, 5.41) is 5.57. The van der Waals surface area contributed by atoms with Gasteiger partial charge in [0.2, 0.25) is 0 Å². The molecule has 0 aliphatic carbocycles. The van der Waals surface area contributed by atoms with E-state index in [0.29, 0.717) is 16.9 Å². The lowest BCUT2D eigenvalue weighted by atomic mass is 10.1. The number of pyridine rings is 2. The number of nitrogens with zero attached hydrogens (tertiary/aromatic N) is 2. The molecule has 92 valence electrons. The highest BCUT2D eigenvalue weighted by atomic mass is 14.9. The fourth-order valence-electron chi connectivity index (χ4n) is 1.82. The van der Waals surface area contributed by atoms with Gasteiger partial charge in [-0.2, -0.15) is 0 Å². The van der Waals surface area contributed by atoms with Crippen LogP contribution in [0.4, 0.5) is 11.4 Å². The van der Waals surface area contributed by atoms with Crippen molar-refractivity contribution in [1.82, 2.24) is 15.3 Å². The lowest BCUT2D eigenvalue weighted by molar-refractivity contribution is 0.630. The predicted molar refractivity (Wildman–Crippen MR) is 71.9 cm³/mol. The van der Waals surface area contributed by atoms with E-state index >= 15 is 0 Å². The zero-order chi connectivity index (χ0) is 16.0. The zero-order valence-electron chi connectivity index (χ0n) is 14.0. The molecule has 1 aliphatic heterocycles. The number of aromatic nitrogens is 2. The van der Waals surface area contributed by atoms with E-state index in [9.17, 15) is 0 Å². The number of rotatable bonds is 2. The van der Waals surface area contributed by atoms with E-state index < -0.39 is 13.0 Å². The molecule has 2 aromatic rings. The van der Waals surface area contributed by atoms with Crippen molar-refractivity contribution in [3.05, 3.63) is 47.5 Å². The van der Waals surface area contributed by atoms with Crippen LogP contribution in [0.3, 0.4) is 0 Å². The molecule has 0 unspecified atom stereocenters. The third kappa shape index (κ3) is 2.19. The van der Waals surface area contributed by atoms with E-state index in [1.54, 1.807) is 24.7 Å². The third-order valence-electron chi connectivity index (χ3n) is 2.81. The lowest BCUT2D eigenvalue weighted by Gasteiger charge is -2.17. The molecule has 1 aliphatic rings. The Hall–Kier alpha value is -1.94. The van der Waals surface area contributed by atoms with Gasteiger partial charge in [0.25, 0.3) is 0 Å². The van der Waals surface area contributed by atoms with Gasteiger partial charge in [-0.25, -0.2) is 0 Å².